The SMILES string of the molecule is N#CC1CN(C(=O)C2CCCCCC2N)CCO1. The van der Waals surface area contributed by atoms with E-state index in [2.05, 4.69) is 6.07 Å². The molecule has 1 saturated heterocycles. The number of hydrogen-bond acceptors (Lipinski definition) is 4. The molecule has 5 heteroatoms. The van der Waals surface area contributed by atoms with Crippen LogP contribution in [0.5, 0.6) is 0 Å². The van der Waals surface area contributed by atoms with E-state index < -0.39 is 6.10 Å². The lowest BCUT2D eigenvalue weighted by atomic mass is 9.93. The van der Waals surface area contributed by atoms with E-state index >= 15 is 0 Å². The Balaban J connectivity index is 1.98. The number of nitrogens with two attached hydrogens (primary N) is 1. The van der Waals surface area contributed by atoms with Gasteiger partial charge >= 0.3 is 0 Å². The Hall–Kier alpha value is -1.12. The van der Waals surface area contributed by atoms with Crippen LogP contribution in [0.3, 0.4) is 0 Å². The molecule has 5 nitrogen and oxygen atoms in total. The molecule has 0 aromatic carbocycles. The minimum Gasteiger partial charge on any atom is -0.360 e. The number of hydrogen-bond donors (Lipinski definition) is 1. The molecule has 100 valence electrons. The molecule has 3 atom stereocenters. The summed E-state index contributed by atoms with van der Waals surface area (Å²) in [5, 5.41) is 8.86. The van der Waals surface area contributed by atoms with Crippen LogP contribution >= 0.6 is 0 Å². The number of nitriles is 1. The zero-order valence-electron chi connectivity index (χ0n) is 10.7. The van der Waals surface area contributed by atoms with E-state index in [-0.39, 0.29) is 17.9 Å². The summed E-state index contributed by atoms with van der Waals surface area (Å²) in [6.45, 7) is 1.42. The highest BCUT2D eigenvalue weighted by Crippen LogP contribution is 2.24. The maximum atomic E-state index is 12.5. The van der Waals surface area contributed by atoms with Crippen LogP contribution in [0.4, 0.5) is 0 Å². The summed E-state index contributed by atoms with van der Waals surface area (Å²) in [5.41, 5.74) is 6.11. The number of ether oxygens (including phenoxy) is 1. The quantitative estimate of drug-likeness (QED) is 0.694. The van der Waals surface area contributed by atoms with Crippen LogP contribution in [0.1, 0.15) is 32.1 Å². The van der Waals surface area contributed by atoms with Gasteiger partial charge in [-0.05, 0) is 12.8 Å². The lowest BCUT2D eigenvalue weighted by molar-refractivity contribution is -0.142. The molecule has 18 heavy (non-hydrogen) atoms. The van der Waals surface area contributed by atoms with Gasteiger partial charge in [0.25, 0.3) is 0 Å². The molecule has 2 rings (SSSR count). The first-order valence-electron chi connectivity index (χ1n) is 6.78. The standard InChI is InChI=1S/C13H21N3O2/c14-8-10-9-16(6-7-18-10)13(17)11-4-2-1-3-5-12(11)15/h10-12H,1-7,9,15H2. The first-order valence-corrected chi connectivity index (χ1v) is 6.78. The number of carbonyl (C=O) groups excluding carboxylic acids is 1. The molecule has 1 aliphatic carbocycles. The van der Waals surface area contributed by atoms with E-state index in [1.807, 2.05) is 0 Å². The van der Waals surface area contributed by atoms with Crippen molar-refractivity contribution in [3.05, 3.63) is 0 Å². The van der Waals surface area contributed by atoms with Gasteiger partial charge in [-0.15, -0.1) is 0 Å². The van der Waals surface area contributed by atoms with Gasteiger partial charge in [0.15, 0.2) is 6.10 Å². The van der Waals surface area contributed by atoms with Crippen LogP contribution in [0, 0.1) is 17.2 Å². The van der Waals surface area contributed by atoms with Crippen molar-refractivity contribution in [3.8, 4) is 6.07 Å². The molecule has 1 heterocycles. The number of morpholine rings is 1. The van der Waals surface area contributed by atoms with Gasteiger partial charge < -0.3 is 15.4 Å². The second-order valence-corrected chi connectivity index (χ2v) is 5.18. The van der Waals surface area contributed by atoms with Crippen molar-refractivity contribution >= 4 is 5.91 Å². The molecule has 0 radical (unpaired) electrons. The van der Waals surface area contributed by atoms with Gasteiger partial charge in [-0.2, -0.15) is 5.26 Å². The van der Waals surface area contributed by atoms with Crippen molar-refractivity contribution in [2.24, 2.45) is 11.7 Å². The summed E-state index contributed by atoms with van der Waals surface area (Å²) in [5.74, 6) is 0.0536. The zero-order valence-corrected chi connectivity index (χ0v) is 10.7. The topological polar surface area (TPSA) is 79.4 Å². The van der Waals surface area contributed by atoms with Crippen molar-refractivity contribution in [1.29, 1.82) is 5.26 Å². The number of carbonyl (C=O) groups is 1. The van der Waals surface area contributed by atoms with Gasteiger partial charge in [0, 0.05) is 12.6 Å². The van der Waals surface area contributed by atoms with E-state index in [0.717, 1.165) is 25.7 Å². The van der Waals surface area contributed by atoms with Crippen molar-refractivity contribution in [2.45, 2.75) is 44.2 Å². The number of nitrogens with zero attached hydrogens (tertiary/aromatic N) is 2. The molecule has 1 amide bonds. The summed E-state index contributed by atoms with van der Waals surface area (Å²) in [6.07, 6.45) is 4.70. The molecule has 2 fully saturated rings. The third kappa shape index (κ3) is 3.01. The number of amides is 1. The maximum absolute atomic E-state index is 12.5. The average molecular weight is 251 g/mol. The van der Waals surface area contributed by atoms with Crippen LogP contribution in [0.2, 0.25) is 0 Å². The Morgan fingerprint density at radius 1 is 1.33 bits per heavy atom. The molecule has 0 aromatic rings. The van der Waals surface area contributed by atoms with Crippen LogP contribution < -0.4 is 5.73 Å². The van der Waals surface area contributed by atoms with Gasteiger partial charge in [0.05, 0.1) is 25.1 Å². The fourth-order valence-corrected chi connectivity index (χ4v) is 2.81. The largest absolute Gasteiger partial charge is 0.360 e. The van der Waals surface area contributed by atoms with Gasteiger partial charge in [0.1, 0.15) is 0 Å². The van der Waals surface area contributed by atoms with Crippen LogP contribution in [-0.4, -0.2) is 42.6 Å². The van der Waals surface area contributed by atoms with Crippen molar-refractivity contribution in [3.63, 3.8) is 0 Å². The molecule has 2 N–H and O–H groups in total. The second-order valence-electron chi connectivity index (χ2n) is 5.18. The molecule has 3 unspecified atom stereocenters. The first-order chi connectivity index (χ1) is 8.72. The molecule has 0 bridgehead atoms. The molecular formula is C13H21N3O2. The van der Waals surface area contributed by atoms with E-state index in [1.165, 1.54) is 6.42 Å². The van der Waals surface area contributed by atoms with E-state index in [4.69, 9.17) is 15.7 Å². The van der Waals surface area contributed by atoms with Crippen molar-refractivity contribution in [2.75, 3.05) is 19.7 Å². The minimum atomic E-state index is -0.482. The Bertz CT molecular complexity index is 340. The Kier molecular flexibility index (Phi) is 4.56. The predicted octanol–water partition coefficient (Wildman–Crippen LogP) is 0.645. The minimum absolute atomic E-state index is 0.0246. The Morgan fingerprint density at radius 3 is 2.89 bits per heavy atom. The molecular weight excluding hydrogens is 230 g/mol. The summed E-state index contributed by atoms with van der Waals surface area (Å²) in [7, 11) is 0. The molecule has 0 aromatic heterocycles. The highest BCUT2D eigenvalue weighted by molar-refractivity contribution is 5.79. The second kappa shape index (κ2) is 6.17. The van der Waals surface area contributed by atoms with Crippen molar-refractivity contribution < 1.29 is 9.53 Å². The van der Waals surface area contributed by atoms with E-state index in [9.17, 15) is 4.79 Å². The van der Waals surface area contributed by atoms with Gasteiger partial charge in [0.2, 0.25) is 5.91 Å². The average Bonchev–Trinajstić information content (AvgIpc) is 2.62. The third-order valence-corrected chi connectivity index (χ3v) is 3.91. The molecule has 0 spiro atoms. The predicted molar refractivity (Wildman–Crippen MR) is 66.5 cm³/mol. The van der Waals surface area contributed by atoms with Crippen LogP contribution in [0.25, 0.3) is 0 Å². The summed E-state index contributed by atoms with van der Waals surface area (Å²) >= 11 is 0. The summed E-state index contributed by atoms with van der Waals surface area (Å²) < 4.78 is 5.26. The smallest absolute Gasteiger partial charge is 0.227 e. The molecule has 1 aliphatic heterocycles. The lowest BCUT2D eigenvalue weighted by Gasteiger charge is -2.33. The fraction of sp³-hybridized carbons (Fsp3) is 0.846. The van der Waals surface area contributed by atoms with Crippen LogP contribution in [0.15, 0.2) is 0 Å². The highest BCUT2D eigenvalue weighted by atomic mass is 16.5. The van der Waals surface area contributed by atoms with E-state index in [0.29, 0.717) is 19.7 Å². The Morgan fingerprint density at radius 2 is 2.11 bits per heavy atom. The zero-order chi connectivity index (χ0) is 13.0. The normalized spacial score (nSPS) is 33.6. The monoisotopic (exact) mass is 251 g/mol. The highest BCUT2D eigenvalue weighted by Gasteiger charge is 2.33. The molecule has 2 aliphatic rings. The van der Waals surface area contributed by atoms with Crippen LogP contribution in [-0.2, 0) is 9.53 Å². The maximum Gasteiger partial charge on any atom is 0.227 e. The van der Waals surface area contributed by atoms with Gasteiger partial charge in [-0.1, -0.05) is 19.3 Å². The number of rotatable bonds is 1. The summed E-state index contributed by atoms with van der Waals surface area (Å²) in [4.78, 5) is 14.2. The fourth-order valence-electron chi connectivity index (χ4n) is 2.81. The third-order valence-electron chi connectivity index (χ3n) is 3.91. The van der Waals surface area contributed by atoms with Gasteiger partial charge in [-0.3, -0.25) is 4.79 Å². The summed E-state index contributed by atoms with van der Waals surface area (Å²) in [6, 6.07) is 2.04. The van der Waals surface area contributed by atoms with Crippen molar-refractivity contribution in [1.82, 2.24) is 4.90 Å². The van der Waals surface area contributed by atoms with E-state index in [1.54, 1.807) is 4.90 Å². The van der Waals surface area contributed by atoms with Gasteiger partial charge in [-0.25, -0.2) is 0 Å². The first kappa shape index (κ1) is 13.3. The molecule has 1 saturated carbocycles. The lowest BCUT2D eigenvalue weighted by Crippen LogP contribution is -2.50. The Labute approximate surface area is 108 Å².